The van der Waals surface area contributed by atoms with E-state index in [1.54, 1.807) is 7.11 Å². The van der Waals surface area contributed by atoms with Crippen LogP contribution in [-0.4, -0.2) is 50.2 Å². The second-order valence-corrected chi connectivity index (χ2v) is 8.40. The molecule has 4 rings (SSSR count). The molecule has 1 N–H and O–H groups in total. The van der Waals surface area contributed by atoms with Gasteiger partial charge >= 0.3 is 0 Å². The molecule has 2 aliphatic heterocycles. The second kappa shape index (κ2) is 7.64. The van der Waals surface area contributed by atoms with Crippen molar-refractivity contribution in [1.82, 2.24) is 0 Å². The molecule has 0 saturated heterocycles. The lowest BCUT2D eigenvalue weighted by molar-refractivity contribution is -0.924. The maximum Gasteiger partial charge on any atom is 0.231 e. The standard InChI is InChI=1S/C23H30NO4/c1-24(2)12-11-17-13-20-22(28-15-27-20)23(26-3)21(17)19(24)14-18(25)10-9-16-7-5-4-6-8-16/h4-8,13,18-19,25H,9-12,14-15H2,1-3H3/q+1. The lowest BCUT2D eigenvalue weighted by Crippen LogP contribution is -2.49. The number of aryl methyl sites for hydroxylation is 1. The fourth-order valence-corrected chi connectivity index (χ4v) is 4.52. The van der Waals surface area contributed by atoms with Gasteiger partial charge in [-0.1, -0.05) is 30.3 Å². The van der Waals surface area contributed by atoms with Gasteiger partial charge in [-0.3, -0.25) is 0 Å². The molecule has 0 amide bonds. The van der Waals surface area contributed by atoms with Crippen molar-refractivity contribution in [3.05, 3.63) is 53.1 Å². The van der Waals surface area contributed by atoms with Crippen LogP contribution in [0.1, 0.15) is 35.6 Å². The molecule has 2 atom stereocenters. The van der Waals surface area contributed by atoms with Crippen molar-refractivity contribution in [2.45, 2.75) is 37.8 Å². The van der Waals surface area contributed by atoms with Crippen LogP contribution >= 0.6 is 0 Å². The lowest BCUT2D eigenvalue weighted by atomic mass is 9.85. The number of aliphatic hydroxyl groups is 1. The Balaban J connectivity index is 1.59. The van der Waals surface area contributed by atoms with Crippen LogP contribution in [0.4, 0.5) is 0 Å². The Morgan fingerprint density at radius 2 is 2.00 bits per heavy atom. The van der Waals surface area contributed by atoms with Crippen molar-refractivity contribution in [3.8, 4) is 17.2 Å². The number of fused-ring (bicyclic) bond motifs is 2. The van der Waals surface area contributed by atoms with E-state index in [1.165, 1.54) is 16.7 Å². The SMILES string of the molecule is COc1c2c(cc3c1C(CC(O)CCc1ccccc1)[N+](C)(C)CC3)OCO2. The fourth-order valence-electron chi connectivity index (χ4n) is 4.52. The molecule has 2 aromatic carbocycles. The van der Waals surface area contributed by atoms with Gasteiger partial charge < -0.3 is 23.8 Å². The molecule has 2 unspecified atom stereocenters. The highest BCUT2D eigenvalue weighted by Gasteiger charge is 2.42. The summed E-state index contributed by atoms with van der Waals surface area (Å²) in [5, 5.41) is 10.9. The number of hydrogen-bond acceptors (Lipinski definition) is 4. The van der Waals surface area contributed by atoms with Gasteiger partial charge in [0.2, 0.25) is 12.5 Å². The van der Waals surface area contributed by atoms with Crippen LogP contribution < -0.4 is 14.2 Å². The van der Waals surface area contributed by atoms with Gasteiger partial charge in [0.25, 0.3) is 0 Å². The van der Waals surface area contributed by atoms with E-state index in [9.17, 15) is 5.11 Å². The highest BCUT2D eigenvalue weighted by atomic mass is 16.7. The van der Waals surface area contributed by atoms with Crippen LogP contribution in [0.3, 0.4) is 0 Å². The predicted molar refractivity (Wildman–Crippen MR) is 108 cm³/mol. The van der Waals surface area contributed by atoms with Crippen molar-refractivity contribution < 1.29 is 23.8 Å². The van der Waals surface area contributed by atoms with Gasteiger partial charge in [0, 0.05) is 12.8 Å². The number of hydrogen-bond donors (Lipinski definition) is 1. The lowest BCUT2D eigenvalue weighted by Gasteiger charge is -2.44. The zero-order valence-corrected chi connectivity index (χ0v) is 17.0. The van der Waals surface area contributed by atoms with Gasteiger partial charge in [0.1, 0.15) is 6.04 Å². The summed E-state index contributed by atoms with van der Waals surface area (Å²) in [4.78, 5) is 0. The van der Waals surface area contributed by atoms with E-state index in [0.717, 1.165) is 41.8 Å². The minimum Gasteiger partial charge on any atom is -0.492 e. The number of likely N-dealkylation sites (N-methyl/N-ethyl adjacent to an activating group) is 1. The molecular weight excluding hydrogens is 354 g/mol. The number of methoxy groups -OCH3 is 1. The number of nitrogens with zero attached hydrogens (tertiary/aromatic N) is 1. The van der Waals surface area contributed by atoms with Crippen LogP contribution in [0.15, 0.2) is 36.4 Å². The van der Waals surface area contributed by atoms with Crippen molar-refractivity contribution in [2.24, 2.45) is 0 Å². The first-order valence-corrected chi connectivity index (χ1v) is 10.0. The summed E-state index contributed by atoms with van der Waals surface area (Å²) >= 11 is 0. The van der Waals surface area contributed by atoms with Gasteiger partial charge in [-0.05, 0) is 30.0 Å². The third kappa shape index (κ3) is 3.56. The molecule has 0 saturated carbocycles. The van der Waals surface area contributed by atoms with Crippen molar-refractivity contribution in [1.29, 1.82) is 0 Å². The molecule has 28 heavy (non-hydrogen) atoms. The van der Waals surface area contributed by atoms with Gasteiger partial charge in [-0.2, -0.15) is 0 Å². The quantitative estimate of drug-likeness (QED) is 0.775. The molecule has 0 radical (unpaired) electrons. The van der Waals surface area contributed by atoms with Crippen molar-refractivity contribution >= 4 is 0 Å². The van der Waals surface area contributed by atoms with E-state index in [1.807, 2.05) is 18.2 Å². The predicted octanol–water partition coefficient (Wildman–Crippen LogP) is 3.48. The number of aliphatic hydroxyl groups excluding tert-OH is 1. The summed E-state index contributed by atoms with van der Waals surface area (Å²) in [7, 11) is 6.16. The molecule has 0 fully saturated rings. The molecule has 0 aromatic heterocycles. The first kappa shape index (κ1) is 19.1. The van der Waals surface area contributed by atoms with Gasteiger partial charge in [-0.15, -0.1) is 0 Å². The molecule has 5 nitrogen and oxygen atoms in total. The van der Waals surface area contributed by atoms with Crippen molar-refractivity contribution in [3.63, 3.8) is 0 Å². The Morgan fingerprint density at radius 3 is 2.75 bits per heavy atom. The number of ether oxygens (including phenoxy) is 3. The van der Waals surface area contributed by atoms with Gasteiger partial charge in [-0.25, -0.2) is 0 Å². The third-order valence-electron chi connectivity index (χ3n) is 6.19. The van der Waals surface area contributed by atoms with E-state index in [-0.39, 0.29) is 18.9 Å². The van der Waals surface area contributed by atoms with E-state index in [4.69, 9.17) is 14.2 Å². The average molecular weight is 384 g/mol. The Bertz CT molecular complexity index is 834. The van der Waals surface area contributed by atoms with E-state index >= 15 is 0 Å². The Labute approximate surface area is 167 Å². The van der Waals surface area contributed by atoms with Crippen LogP contribution in [0.2, 0.25) is 0 Å². The number of benzene rings is 2. The summed E-state index contributed by atoms with van der Waals surface area (Å²) in [6.45, 7) is 1.25. The molecule has 5 heteroatoms. The Hall–Kier alpha value is -2.24. The van der Waals surface area contributed by atoms with Crippen LogP contribution in [0.25, 0.3) is 0 Å². The fraction of sp³-hybridized carbons (Fsp3) is 0.478. The Kier molecular flexibility index (Phi) is 5.21. The zero-order chi connectivity index (χ0) is 19.7. The highest BCUT2D eigenvalue weighted by Crippen LogP contribution is 2.51. The summed E-state index contributed by atoms with van der Waals surface area (Å²) < 4.78 is 17.9. The monoisotopic (exact) mass is 384 g/mol. The van der Waals surface area contributed by atoms with Crippen molar-refractivity contribution in [2.75, 3.05) is 34.5 Å². The maximum atomic E-state index is 10.9. The maximum absolute atomic E-state index is 10.9. The van der Waals surface area contributed by atoms with Crippen LogP contribution in [-0.2, 0) is 12.8 Å². The summed E-state index contributed by atoms with van der Waals surface area (Å²) in [5.41, 5.74) is 3.68. The molecule has 2 aliphatic rings. The highest BCUT2D eigenvalue weighted by molar-refractivity contribution is 5.61. The molecule has 2 heterocycles. The third-order valence-corrected chi connectivity index (χ3v) is 6.19. The van der Waals surface area contributed by atoms with E-state index in [2.05, 4.69) is 32.3 Å². The molecule has 0 spiro atoms. The molecule has 150 valence electrons. The molecule has 0 aliphatic carbocycles. The molecular formula is C23H30NO4+. The average Bonchev–Trinajstić information content (AvgIpc) is 3.16. The number of rotatable bonds is 6. The van der Waals surface area contributed by atoms with Gasteiger partial charge in [0.15, 0.2) is 11.5 Å². The normalized spacial score (nSPS) is 20.5. The second-order valence-electron chi connectivity index (χ2n) is 8.40. The Morgan fingerprint density at radius 1 is 1.21 bits per heavy atom. The summed E-state index contributed by atoms with van der Waals surface area (Å²) in [5.74, 6) is 2.24. The first-order valence-electron chi connectivity index (χ1n) is 10.0. The summed E-state index contributed by atoms with van der Waals surface area (Å²) in [6.07, 6.45) is 2.92. The molecule has 2 aromatic rings. The summed E-state index contributed by atoms with van der Waals surface area (Å²) in [6, 6.07) is 12.6. The largest absolute Gasteiger partial charge is 0.492 e. The van der Waals surface area contributed by atoms with Crippen LogP contribution in [0, 0.1) is 0 Å². The number of quaternary nitrogens is 1. The van der Waals surface area contributed by atoms with E-state index < -0.39 is 0 Å². The zero-order valence-electron chi connectivity index (χ0n) is 17.0. The van der Waals surface area contributed by atoms with Crippen LogP contribution in [0.5, 0.6) is 17.2 Å². The van der Waals surface area contributed by atoms with E-state index in [0.29, 0.717) is 12.2 Å². The smallest absolute Gasteiger partial charge is 0.231 e. The first-order chi connectivity index (χ1) is 13.5. The minimum absolute atomic E-state index is 0.152. The van der Waals surface area contributed by atoms with Gasteiger partial charge in [0.05, 0.1) is 39.4 Å². The topological polar surface area (TPSA) is 47.9 Å². The minimum atomic E-state index is -0.372. The molecule has 0 bridgehead atoms.